The average molecular weight is 716 g/mol. The van der Waals surface area contributed by atoms with Crippen LogP contribution in [0.25, 0.3) is 0 Å². The van der Waals surface area contributed by atoms with Crippen molar-refractivity contribution in [1.29, 1.82) is 0 Å². The van der Waals surface area contributed by atoms with Crippen LogP contribution in [0.2, 0.25) is 20.1 Å². The highest BCUT2D eigenvalue weighted by atomic mass is 35.5. The summed E-state index contributed by atoms with van der Waals surface area (Å²) in [5.74, 6) is -0.0557. The summed E-state index contributed by atoms with van der Waals surface area (Å²) in [5.41, 5.74) is 16.3. The number of piperazine rings is 1. The van der Waals surface area contributed by atoms with E-state index in [0.29, 0.717) is 59.0 Å². The summed E-state index contributed by atoms with van der Waals surface area (Å²) in [6.45, 7) is 5.55. The van der Waals surface area contributed by atoms with Crippen molar-refractivity contribution in [2.24, 2.45) is 17.4 Å². The molecule has 1 aliphatic heterocycles. The molecule has 0 spiro atoms. The number of rotatable bonds is 13. The van der Waals surface area contributed by atoms with E-state index in [1.54, 1.807) is 35.8 Å². The van der Waals surface area contributed by atoms with Gasteiger partial charge in [0.25, 0.3) is 0 Å². The summed E-state index contributed by atoms with van der Waals surface area (Å²) in [4.78, 5) is 31.7. The molecule has 5 N–H and O–H groups in total. The molecule has 244 valence electrons. The zero-order valence-electron chi connectivity index (χ0n) is 25.3. The molecule has 2 heterocycles. The Balaban J connectivity index is 1.54. The highest BCUT2D eigenvalue weighted by Crippen LogP contribution is 2.28. The van der Waals surface area contributed by atoms with Crippen molar-refractivity contribution in [2.75, 3.05) is 25.0 Å². The lowest BCUT2D eigenvalue weighted by atomic mass is 9.93. The molecule has 2 amide bonds. The Morgan fingerprint density at radius 1 is 0.933 bits per heavy atom. The lowest BCUT2D eigenvalue weighted by Crippen LogP contribution is -2.65. The quantitative estimate of drug-likeness (QED) is 0.187. The van der Waals surface area contributed by atoms with Crippen molar-refractivity contribution in [2.45, 2.75) is 70.1 Å². The van der Waals surface area contributed by atoms with Crippen LogP contribution < -0.4 is 16.8 Å². The van der Waals surface area contributed by atoms with Crippen molar-refractivity contribution in [3.8, 4) is 0 Å². The first-order valence-electron chi connectivity index (χ1n) is 14.9. The Morgan fingerprint density at radius 3 is 2.27 bits per heavy atom. The third-order valence-corrected chi connectivity index (χ3v) is 9.86. The monoisotopic (exact) mass is 713 g/mol. The Hall–Kier alpha value is -2.18. The number of nitrogens with two attached hydrogens (primary N) is 2. The smallest absolute Gasteiger partial charge is 0.240 e. The van der Waals surface area contributed by atoms with Gasteiger partial charge in [-0.15, -0.1) is 10.2 Å². The van der Waals surface area contributed by atoms with E-state index in [9.17, 15) is 9.59 Å². The van der Waals surface area contributed by atoms with Gasteiger partial charge in [0.1, 0.15) is 5.51 Å². The van der Waals surface area contributed by atoms with E-state index in [-0.39, 0.29) is 36.2 Å². The number of aromatic nitrogens is 2. The topological polar surface area (TPSA) is 130 Å². The fraction of sp³-hybridized carbons (Fsp3) is 0.484. The molecule has 1 fully saturated rings. The Morgan fingerprint density at radius 2 is 1.62 bits per heavy atom. The van der Waals surface area contributed by atoms with Crippen molar-refractivity contribution >= 4 is 74.7 Å². The number of carbonyl (C=O) groups excluding carboxylic acids is 2. The fourth-order valence-corrected chi connectivity index (χ4v) is 6.99. The molecule has 4 rings (SSSR count). The van der Waals surface area contributed by atoms with Crippen LogP contribution in [0.5, 0.6) is 0 Å². The van der Waals surface area contributed by atoms with Gasteiger partial charge in [-0.1, -0.05) is 83.7 Å². The third-order valence-electron chi connectivity index (χ3n) is 7.89. The minimum absolute atomic E-state index is 0.159. The first-order chi connectivity index (χ1) is 21.4. The maximum absolute atomic E-state index is 14.0. The lowest BCUT2D eigenvalue weighted by molar-refractivity contribution is -0.149. The number of nitrogens with one attached hydrogen (secondary N) is 1. The molecule has 0 aliphatic carbocycles. The molecule has 1 saturated heterocycles. The maximum atomic E-state index is 14.0. The predicted octanol–water partition coefficient (Wildman–Crippen LogP) is 5.94. The number of amides is 2. The van der Waals surface area contributed by atoms with E-state index in [1.807, 2.05) is 15.9 Å². The van der Waals surface area contributed by atoms with E-state index < -0.39 is 12.1 Å². The van der Waals surface area contributed by atoms with Gasteiger partial charge in [0, 0.05) is 41.8 Å². The van der Waals surface area contributed by atoms with Crippen LogP contribution in [0, 0.1) is 5.92 Å². The van der Waals surface area contributed by atoms with Crippen LogP contribution >= 0.6 is 57.7 Å². The first-order valence-corrected chi connectivity index (χ1v) is 17.3. The highest BCUT2D eigenvalue weighted by molar-refractivity contribution is 7.13. The molecule has 0 bridgehead atoms. The van der Waals surface area contributed by atoms with Gasteiger partial charge >= 0.3 is 0 Å². The SMILES string of the molecule is CC(C)C[C@@H]1CN(C(=O)[C@H](N)Cc2ccc(Cl)cc2Cl)[C@@H](CCCNc2nncs2)CN1C(=O)[C@@H](N)Cc1ccc(Cl)c(Cl)c1. The van der Waals surface area contributed by atoms with Gasteiger partial charge in [0.15, 0.2) is 0 Å². The summed E-state index contributed by atoms with van der Waals surface area (Å²) in [7, 11) is 0. The van der Waals surface area contributed by atoms with Crippen LogP contribution in [-0.4, -0.2) is 75.6 Å². The van der Waals surface area contributed by atoms with Crippen LogP contribution in [0.4, 0.5) is 5.13 Å². The Kier molecular flexibility index (Phi) is 13.1. The maximum Gasteiger partial charge on any atom is 0.240 e. The highest BCUT2D eigenvalue weighted by Gasteiger charge is 2.41. The Bertz CT molecular complexity index is 1450. The van der Waals surface area contributed by atoms with Gasteiger partial charge in [-0.05, 0) is 73.4 Å². The van der Waals surface area contributed by atoms with E-state index in [4.69, 9.17) is 57.9 Å². The zero-order valence-corrected chi connectivity index (χ0v) is 29.1. The number of hydrogen-bond acceptors (Lipinski definition) is 8. The molecule has 1 aliphatic rings. The number of nitrogens with zero attached hydrogens (tertiary/aromatic N) is 4. The molecule has 0 radical (unpaired) electrons. The van der Waals surface area contributed by atoms with E-state index in [2.05, 4.69) is 29.4 Å². The molecule has 14 heteroatoms. The average Bonchev–Trinajstić information content (AvgIpc) is 3.51. The minimum atomic E-state index is -0.815. The van der Waals surface area contributed by atoms with Crippen molar-refractivity contribution in [1.82, 2.24) is 20.0 Å². The number of carbonyl (C=O) groups is 2. The molecule has 0 saturated carbocycles. The van der Waals surface area contributed by atoms with Crippen LogP contribution in [0.3, 0.4) is 0 Å². The second kappa shape index (κ2) is 16.6. The summed E-state index contributed by atoms with van der Waals surface area (Å²) in [5, 5.41) is 13.7. The van der Waals surface area contributed by atoms with Crippen LogP contribution in [-0.2, 0) is 22.4 Å². The standard InChI is InChI=1S/C31H39Cl4N7O2S/c1-18(2)10-23-16-41(30(44)28(37)13-20-6-7-21(32)14-25(20)34)22(4-3-9-38-31-40-39-17-45-31)15-42(23)29(43)27(36)12-19-5-8-24(33)26(35)11-19/h5-8,11,14,17-18,22-23,27-28H,3-4,9-10,12-13,15-16,36-37H2,1-2H3,(H,38,40)/t22-,23+,27-,28+/m0/s1. The normalized spacial score (nSPS) is 18.2. The largest absolute Gasteiger partial charge is 0.360 e. The van der Waals surface area contributed by atoms with Crippen molar-refractivity contribution < 1.29 is 9.59 Å². The summed E-state index contributed by atoms with van der Waals surface area (Å²) < 4.78 is 0. The minimum Gasteiger partial charge on any atom is -0.360 e. The number of hydrogen-bond donors (Lipinski definition) is 3. The Labute approximate surface area is 288 Å². The summed E-state index contributed by atoms with van der Waals surface area (Å²) in [6, 6.07) is 8.36. The second-order valence-corrected chi connectivity index (χ2v) is 14.3. The van der Waals surface area contributed by atoms with Crippen LogP contribution in [0.15, 0.2) is 41.9 Å². The van der Waals surface area contributed by atoms with Crippen LogP contribution in [0.1, 0.15) is 44.2 Å². The number of benzene rings is 2. The summed E-state index contributed by atoms with van der Waals surface area (Å²) >= 11 is 26.2. The second-order valence-electron chi connectivity index (χ2n) is 11.8. The van der Waals surface area contributed by atoms with Gasteiger partial charge in [0.2, 0.25) is 16.9 Å². The van der Waals surface area contributed by atoms with Gasteiger partial charge in [-0.25, -0.2) is 0 Å². The zero-order chi connectivity index (χ0) is 32.7. The molecular weight excluding hydrogens is 676 g/mol. The molecule has 4 atom stereocenters. The van der Waals surface area contributed by atoms with Crippen molar-refractivity contribution in [3.63, 3.8) is 0 Å². The molecule has 9 nitrogen and oxygen atoms in total. The van der Waals surface area contributed by atoms with Gasteiger partial charge in [-0.2, -0.15) is 0 Å². The van der Waals surface area contributed by atoms with Gasteiger partial charge in [0.05, 0.1) is 22.1 Å². The fourth-order valence-electron chi connectivity index (χ4n) is 5.71. The molecule has 3 aromatic rings. The van der Waals surface area contributed by atoms with Gasteiger partial charge < -0.3 is 26.6 Å². The van der Waals surface area contributed by atoms with Crippen molar-refractivity contribution in [3.05, 3.63) is 73.1 Å². The molecule has 2 aromatic carbocycles. The van der Waals surface area contributed by atoms with Gasteiger partial charge in [-0.3, -0.25) is 9.59 Å². The lowest BCUT2D eigenvalue weighted by Gasteiger charge is -2.48. The first kappa shape index (κ1) is 35.7. The third kappa shape index (κ3) is 9.91. The molecule has 0 unspecified atom stereocenters. The number of halogens is 4. The predicted molar refractivity (Wildman–Crippen MR) is 184 cm³/mol. The van der Waals surface area contributed by atoms with E-state index in [1.165, 1.54) is 11.3 Å². The summed E-state index contributed by atoms with van der Waals surface area (Å²) in [6.07, 6.45) is 2.67. The van der Waals surface area contributed by atoms with E-state index in [0.717, 1.165) is 22.7 Å². The molecule has 45 heavy (non-hydrogen) atoms. The molecular formula is C31H39Cl4N7O2S. The molecule has 1 aromatic heterocycles. The number of anilines is 1. The van der Waals surface area contributed by atoms with E-state index >= 15 is 0 Å².